The van der Waals surface area contributed by atoms with Crippen LogP contribution in [0.4, 0.5) is 0 Å². The molecule has 0 radical (unpaired) electrons. The van der Waals surface area contributed by atoms with Gasteiger partial charge in [-0.05, 0) is 0 Å². The predicted octanol–water partition coefficient (Wildman–Crippen LogP) is -0.426. The molecule has 0 heterocycles. The molecule has 0 saturated carbocycles. The Morgan fingerprint density at radius 3 is 2.50 bits per heavy atom. The third-order valence-corrected chi connectivity index (χ3v) is 3.47. The lowest BCUT2D eigenvalue weighted by atomic mass is 10.4. The molecule has 0 fully saturated rings. The Labute approximate surface area is 84.7 Å². The first-order chi connectivity index (χ1) is 6.52. The topological polar surface area (TPSA) is 72.5 Å². The van der Waals surface area contributed by atoms with Crippen LogP contribution in [0.25, 0.3) is 0 Å². The Morgan fingerprint density at radius 2 is 2.00 bits per heavy atom. The van der Waals surface area contributed by atoms with Crippen LogP contribution >= 0.6 is 0 Å². The molecule has 84 valence electrons. The molecule has 0 aliphatic heterocycles. The van der Waals surface area contributed by atoms with Crippen molar-refractivity contribution in [3.63, 3.8) is 0 Å². The Balaban J connectivity index is 3.44. The monoisotopic (exact) mass is 223 g/mol. The zero-order valence-corrected chi connectivity index (χ0v) is 9.39. The number of hydrogen-bond acceptors (Lipinski definition) is 5. The molecule has 0 rings (SSSR count). The summed E-state index contributed by atoms with van der Waals surface area (Å²) in [6.45, 7) is 2.45. The number of ether oxygens (including phenoxy) is 1. The second-order valence-corrected chi connectivity index (χ2v) is 5.29. The third-order valence-electron chi connectivity index (χ3n) is 1.76. The summed E-state index contributed by atoms with van der Waals surface area (Å²) in [6, 6.07) is 0. The van der Waals surface area contributed by atoms with Gasteiger partial charge in [0, 0.05) is 18.8 Å². The largest absolute Gasteiger partial charge is 0.469 e. The van der Waals surface area contributed by atoms with Crippen LogP contribution in [-0.2, 0) is 19.4 Å². The minimum absolute atomic E-state index is 0.116. The van der Waals surface area contributed by atoms with Crippen LogP contribution in [0.15, 0.2) is 0 Å². The fourth-order valence-electron chi connectivity index (χ4n) is 0.790. The van der Waals surface area contributed by atoms with Crippen molar-refractivity contribution in [2.24, 2.45) is 0 Å². The zero-order valence-electron chi connectivity index (χ0n) is 8.58. The molecule has 14 heavy (non-hydrogen) atoms. The van der Waals surface area contributed by atoms with Gasteiger partial charge in [0.2, 0.25) is 0 Å². The van der Waals surface area contributed by atoms with E-state index in [1.54, 1.807) is 6.92 Å². The first-order valence-corrected chi connectivity index (χ1v) is 6.32. The molecule has 0 amide bonds. The summed E-state index contributed by atoms with van der Waals surface area (Å²) >= 11 is 0. The molecular formula is C8H17NO4S. The number of hydrogen-bond donors (Lipinski definition) is 1. The lowest BCUT2D eigenvalue weighted by molar-refractivity contribution is -0.140. The molecule has 0 saturated heterocycles. The van der Waals surface area contributed by atoms with Crippen molar-refractivity contribution in [1.82, 2.24) is 5.32 Å². The smallest absolute Gasteiger partial charge is 0.306 e. The second-order valence-electron chi connectivity index (χ2n) is 2.81. The molecule has 0 aromatic heterocycles. The summed E-state index contributed by atoms with van der Waals surface area (Å²) in [5.41, 5.74) is 0. The van der Waals surface area contributed by atoms with E-state index in [0.29, 0.717) is 13.1 Å². The first kappa shape index (κ1) is 13.4. The van der Waals surface area contributed by atoms with Crippen molar-refractivity contribution in [2.45, 2.75) is 13.3 Å². The highest BCUT2D eigenvalue weighted by molar-refractivity contribution is 7.91. The van der Waals surface area contributed by atoms with Gasteiger partial charge in [-0.3, -0.25) is 4.79 Å². The molecule has 6 heteroatoms. The fraction of sp³-hybridized carbons (Fsp3) is 0.875. The van der Waals surface area contributed by atoms with Crippen LogP contribution in [0.5, 0.6) is 0 Å². The van der Waals surface area contributed by atoms with Gasteiger partial charge in [-0.2, -0.15) is 0 Å². The van der Waals surface area contributed by atoms with E-state index in [4.69, 9.17) is 0 Å². The van der Waals surface area contributed by atoms with Gasteiger partial charge in [-0.25, -0.2) is 8.42 Å². The highest BCUT2D eigenvalue weighted by Gasteiger charge is 2.06. The molecule has 0 spiro atoms. The van der Waals surface area contributed by atoms with Gasteiger partial charge < -0.3 is 10.1 Å². The average Bonchev–Trinajstić information content (AvgIpc) is 2.17. The summed E-state index contributed by atoms with van der Waals surface area (Å²) < 4.78 is 26.5. The number of sulfone groups is 1. The molecule has 0 atom stereocenters. The maximum Gasteiger partial charge on any atom is 0.306 e. The van der Waals surface area contributed by atoms with Crippen LogP contribution in [0, 0.1) is 0 Å². The Bertz CT molecular complexity index is 261. The van der Waals surface area contributed by atoms with Crippen molar-refractivity contribution in [2.75, 3.05) is 31.7 Å². The summed E-state index contributed by atoms with van der Waals surface area (Å²) in [5, 5.41) is 2.86. The number of esters is 1. The van der Waals surface area contributed by atoms with E-state index in [2.05, 4.69) is 10.1 Å². The van der Waals surface area contributed by atoms with Crippen molar-refractivity contribution in [3.8, 4) is 0 Å². The van der Waals surface area contributed by atoms with Crippen molar-refractivity contribution in [3.05, 3.63) is 0 Å². The van der Waals surface area contributed by atoms with Crippen molar-refractivity contribution >= 4 is 15.8 Å². The Kier molecular flexibility index (Phi) is 6.48. The molecule has 0 unspecified atom stereocenters. The SMILES string of the molecule is CCS(=O)(=O)CCNCCC(=O)OC. The molecule has 5 nitrogen and oxygen atoms in total. The molecule has 1 N–H and O–H groups in total. The number of carbonyl (C=O) groups excluding carboxylic acids is 1. The van der Waals surface area contributed by atoms with E-state index >= 15 is 0 Å². The molecule has 0 aliphatic rings. The van der Waals surface area contributed by atoms with Gasteiger partial charge in [0.05, 0.1) is 19.3 Å². The maximum atomic E-state index is 11.0. The summed E-state index contributed by atoms with van der Waals surface area (Å²) in [5.74, 6) is -0.0213. The number of carbonyl (C=O) groups is 1. The van der Waals surface area contributed by atoms with Crippen molar-refractivity contribution in [1.29, 1.82) is 0 Å². The van der Waals surface area contributed by atoms with Gasteiger partial charge in [0.25, 0.3) is 0 Å². The Morgan fingerprint density at radius 1 is 1.36 bits per heavy atom. The van der Waals surface area contributed by atoms with Crippen LogP contribution < -0.4 is 5.32 Å². The van der Waals surface area contributed by atoms with E-state index < -0.39 is 9.84 Å². The third kappa shape index (κ3) is 6.85. The van der Waals surface area contributed by atoms with Gasteiger partial charge in [-0.1, -0.05) is 6.92 Å². The lowest BCUT2D eigenvalue weighted by Gasteiger charge is -2.03. The average molecular weight is 223 g/mol. The van der Waals surface area contributed by atoms with Crippen LogP contribution in [0.2, 0.25) is 0 Å². The predicted molar refractivity (Wildman–Crippen MR) is 53.8 cm³/mol. The summed E-state index contributed by atoms with van der Waals surface area (Å²) in [6.07, 6.45) is 0.267. The minimum Gasteiger partial charge on any atom is -0.469 e. The van der Waals surface area contributed by atoms with Crippen LogP contribution in [-0.4, -0.2) is 46.1 Å². The van der Waals surface area contributed by atoms with Crippen LogP contribution in [0.1, 0.15) is 13.3 Å². The molecular weight excluding hydrogens is 206 g/mol. The Hall–Kier alpha value is -0.620. The van der Waals surface area contributed by atoms with Crippen LogP contribution in [0.3, 0.4) is 0 Å². The van der Waals surface area contributed by atoms with E-state index in [1.807, 2.05) is 0 Å². The second kappa shape index (κ2) is 6.78. The normalized spacial score (nSPS) is 11.3. The first-order valence-electron chi connectivity index (χ1n) is 4.49. The maximum absolute atomic E-state index is 11.0. The molecule has 0 aliphatic carbocycles. The summed E-state index contributed by atoms with van der Waals surface area (Å²) in [7, 11) is -1.58. The van der Waals surface area contributed by atoms with E-state index in [9.17, 15) is 13.2 Å². The highest BCUT2D eigenvalue weighted by Crippen LogP contribution is 1.87. The minimum atomic E-state index is -2.90. The zero-order chi connectivity index (χ0) is 11.0. The van der Waals surface area contributed by atoms with E-state index in [-0.39, 0.29) is 23.9 Å². The number of methoxy groups -OCH3 is 1. The lowest BCUT2D eigenvalue weighted by Crippen LogP contribution is -2.26. The van der Waals surface area contributed by atoms with Gasteiger partial charge >= 0.3 is 5.97 Å². The van der Waals surface area contributed by atoms with E-state index in [0.717, 1.165) is 0 Å². The van der Waals surface area contributed by atoms with Crippen molar-refractivity contribution < 1.29 is 17.9 Å². The molecule has 0 aromatic carbocycles. The fourth-order valence-corrected chi connectivity index (χ4v) is 1.53. The number of nitrogens with one attached hydrogen (secondary N) is 1. The summed E-state index contributed by atoms with van der Waals surface area (Å²) in [4.78, 5) is 10.6. The van der Waals surface area contributed by atoms with E-state index in [1.165, 1.54) is 7.11 Å². The highest BCUT2D eigenvalue weighted by atomic mass is 32.2. The quantitative estimate of drug-likeness (QED) is 0.468. The molecule has 0 bridgehead atoms. The standard InChI is InChI=1S/C8H17NO4S/c1-3-14(11,12)7-6-9-5-4-8(10)13-2/h9H,3-7H2,1-2H3. The van der Waals surface area contributed by atoms with Gasteiger partial charge in [0.1, 0.15) is 0 Å². The van der Waals surface area contributed by atoms with Gasteiger partial charge in [0.15, 0.2) is 9.84 Å². The molecule has 0 aromatic rings. The number of rotatable bonds is 7. The van der Waals surface area contributed by atoms with Gasteiger partial charge in [-0.15, -0.1) is 0 Å².